The molecule has 692 valence electrons. The maximum Gasteiger partial charge on any atom is 0.220 e. The second-order valence-electron chi connectivity index (χ2n) is 44.2. The Morgan fingerprint density at radius 2 is 0.389 bits per heavy atom. The Balaban J connectivity index is -0.000000307. The molecule has 0 aromatic carbocycles. The van der Waals surface area contributed by atoms with Crippen molar-refractivity contribution in [3.05, 3.63) is 0 Å². The topological polar surface area (TPSA) is 148 Å². The molecule has 0 aromatic rings. The van der Waals surface area contributed by atoms with Crippen LogP contribution < -0.4 is 16.0 Å². The lowest BCUT2D eigenvalue weighted by atomic mass is 9.78. The van der Waals surface area contributed by atoms with E-state index in [1.165, 1.54) is 6.42 Å². The van der Waals surface area contributed by atoms with Crippen LogP contribution in [0.3, 0.4) is 0 Å². The van der Waals surface area contributed by atoms with Gasteiger partial charge in [0.25, 0.3) is 0 Å². The number of carbonyl (C=O) groups excluding carboxylic acids is 6. The molecule has 3 N–H and O–H groups in total. The second kappa shape index (κ2) is 73.7. The summed E-state index contributed by atoms with van der Waals surface area (Å²) in [4.78, 5) is 69.1. The lowest BCUT2D eigenvalue weighted by molar-refractivity contribution is -0.126. The standard InChI is InChI=1S/C49H4.2C14H27NO2.C12H26O.C12H24O.C11H23NO.C9H20/c1-3-5-7-9-11-13-15-17-19-21-23-25-27-29-31-33-35-37-39-41-43-45-47-49-48-46-44-42-40-38-36-34-32-30-28-26-24-22-20-18-16-14-12-10-8-6-4-2;2*1-13(2,3)9-11(16)7-8-12(17)15-10-14(4,5)6;1-11(2,3)7-9-13-10-8-12(4,5)6;1-11(2,3)8-7-10(13)9-12(4,5)6;1-10(2,3)7-9(13)12-8-11(4,5)6;1-8(2,3)7-9(4,5)6/h1H,2H3;2*7-10H2,1-6H3,(H,15,17);7-10H2,1-6H3;7-9H2,1-6H3;7-8H2,1-6H3,(H,12,13);7H2,1-6H3. The van der Waals surface area contributed by atoms with Gasteiger partial charge in [-0.15, -0.1) is 6.42 Å². The van der Waals surface area contributed by atoms with Crippen LogP contribution in [0.4, 0.5) is 0 Å². The van der Waals surface area contributed by atoms with Gasteiger partial charge in [0.1, 0.15) is 17.3 Å². The first-order valence-electron chi connectivity index (χ1n) is 43.8. The maximum absolute atomic E-state index is 11.6. The predicted octanol–water partition coefficient (Wildman–Crippen LogP) is 20.3. The number of carbonyl (C=O) groups is 6. The predicted molar refractivity (Wildman–Crippen MR) is 552 cm³/mol. The van der Waals surface area contributed by atoms with Crippen LogP contribution >= 0.6 is 0 Å². The molecule has 10 heteroatoms. The summed E-state index contributed by atoms with van der Waals surface area (Å²) in [7, 11) is 0. The molecule has 0 saturated heterocycles. The van der Waals surface area contributed by atoms with Crippen molar-refractivity contribution in [2.24, 2.45) is 65.0 Å². The molecule has 0 rings (SSSR count). The average molecular weight is 1760 g/mol. The van der Waals surface area contributed by atoms with E-state index in [2.05, 4.69) is 502 Å². The molecule has 3 amide bonds. The first-order valence-corrected chi connectivity index (χ1v) is 43.8. The number of rotatable bonds is 19. The van der Waals surface area contributed by atoms with E-state index in [1.807, 2.05) is 41.5 Å². The molecule has 0 heterocycles. The van der Waals surface area contributed by atoms with E-state index in [9.17, 15) is 28.8 Å². The first kappa shape index (κ1) is 131. The third-order valence-electron chi connectivity index (χ3n) is 13.7. The molecule has 0 unspecified atom stereocenters. The summed E-state index contributed by atoms with van der Waals surface area (Å²) in [5, 5.41) is 8.64. The number of Topliss-reactive ketones (excluding diaryl/α,β-unsaturated/α-hetero) is 3. The van der Waals surface area contributed by atoms with E-state index in [1.54, 1.807) is 6.92 Å². The Hall–Kier alpha value is -13.2. The van der Waals surface area contributed by atoms with E-state index < -0.39 is 0 Å². The molecule has 0 aromatic heterocycles. The fourth-order valence-electron chi connectivity index (χ4n) is 8.76. The maximum atomic E-state index is 11.6. The van der Waals surface area contributed by atoms with Gasteiger partial charge < -0.3 is 20.7 Å². The highest BCUT2D eigenvalue weighted by molar-refractivity contribution is 5.86. The molecular formula is C121H151N3O7. The zero-order chi connectivity index (χ0) is 102. The highest BCUT2D eigenvalue weighted by Gasteiger charge is 2.24. The minimum atomic E-state index is -0.0258. The highest BCUT2D eigenvalue weighted by Crippen LogP contribution is 2.32. The van der Waals surface area contributed by atoms with E-state index in [-0.39, 0.29) is 72.6 Å². The van der Waals surface area contributed by atoms with Gasteiger partial charge in [0, 0.05) is 268 Å². The highest BCUT2D eigenvalue weighted by atomic mass is 16.5. The van der Waals surface area contributed by atoms with Crippen LogP contribution in [0.15, 0.2) is 0 Å². The van der Waals surface area contributed by atoms with Crippen molar-refractivity contribution in [3.63, 3.8) is 0 Å². The average Bonchev–Trinajstić information content (AvgIpc) is 0.915. The quantitative estimate of drug-likeness (QED) is 0.0862. The molecule has 0 atom stereocenters. The Morgan fingerprint density at radius 1 is 0.206 bits per heavy atom. The molecule has 0 aliphatic rings. The van der Waals surface area contributed by atoms with Gasteiger partial charge in [-0.05, 0) is 192 Å². The van der Waals surface area contributed by atoms with E-state index in [0.717, 1.165) is 45.4 Å². The van der Waals surface area contributed by atoms with Crippen LogP contribution in [0.2, 0.25) is 0 Å². The molecule has 0 aliphatic carbocycles. The van der Waals surface area contributed by atoms with Gasteiger partial charge in [-0.25, -0.2) is 0 Å². The summed E-state index contributed by atoms with van der Waals surface area (Å²) >= 11 is 0. The largest absolute Gasteiger partial charge is 0.381 e. The van der Waals surface area contributed by atoms with Gasteiger partial charge in [-0.2, -0.15) is 0 Å². The normalized spacial score (nSPS) is 9.53. The van der Waals surface area contributed by atoms with E-state index >= 15 is 0 Å². The van der Waals surface area contributed by atoms with Gasteiger partial charge in [-0.3, -0.25) is 28.8 Å². The van der Waals surface area contributed by atoms with Gasteiger partial charge in [0.15, 0.2) is 0 Å². The van der Waals surface area contributed by atoms with Crippen molar-refractivity contribution in [1.82, 2.24) is 16.0 Å². The van der Waals surface area contributed by atoms with Crippen molar-refractivity contribution in [1.29, 1.82) is 0 Å². The van der Waals surface area contributed by atoms with Crippen molar-refractivity contribution in [3.8, 4) is 285 Å². The summed E-state index contributed by atoms with van der Waals surface area (Å²) in [6, 6.07) is 0. The lowest BCUT2D eigenvalue weighted by Gasteiger charge is -2.28. The molecular weight excluding hydrogens is 1610 g/mol. The minimum Gasteiger partial charge on any atom is -0.381 e. The van der Waals surface area contributed by atoms with Crippen molar-refractivity contribution in [2.45, 2.75) is 340 Å². The number of hydrogen-bond acceptors (Lipinski definition) is 7. The monoisotopic (exact) mass is 1760 g/mol. The Kier molecular flexibility index (Phi) is 73.7. The van der Waals surface area contributed by atoms with Gasteiger partial charge >= 0.3 is 0 Å². The molecule has 0 radical (unpaired) electrons. The molecule has 0 aliphatic heterocycles. The minimum absolute atomic E-state index is 0.0129. The number of amides is 3. The molecule has 0 fully saturated rings. The van der Waals surface area contributed by atoms with Crippen molar-refractivity contribution in [2.75, 3.05) is 32.8 Å². The first-order chi connectivity index (χ1) is 60.0. The van der Waals surface area contributed by atoms with Gasteiger partial charge in [-0.1, -0.05) is 255 Å². The molecule has 10 nitrogen and oxygen atoms in total. The number of ether oxygens (including phenoxy) is 1. The summed E-state index contributed by atoms with van der Waals surface area (Å²) in [5.74, 6) is 118. The number of ketones is 3. The molecule has 0 bridgehead atoms. The van der Waals surface area contributed by atoms with Crippen LogP contribution in [0, 0.1) is 350 Å². The summed E-state index contributed by atoms with van der Waals surface area (Å²) in [6.07, 6.45) is 14.0. The molecule has 0 spiro atoms. The second-order valence-corrected chi connectivity index (χ2v) is 44.2. The Labute approximate surface area is 801 Å². The van der Waals surface area contributed by atoms with Crippen LogP contribution in [-0.4, -0.2) is 67.9 Å². The summed E-state index contributed by atoms with van der Waals surface area (Å²) in [6.45, 7) is 82.8. The van der Waals surface area contributed by atoms with Crippen LogP contribution in [0.5, 0.6) is 0 Å². The number of hydrogen-bond donors (Lipinski definition) is 3. The fraction of sp³-hybridized carbons (Fsp3) is 0.554. The number of nitrogens with one attached hydrogen (secondary N) is 3. The smallest absolute Gasteiger partial charge is 0.220 e. The zero-order valence-electron chi connectivity index (χ0n) is 87.2. The van der Waals surface area contributed by atoms with E-state index in [0.29, 0.717) is 91.9 Å². The SMILES string of the molecule is C#CC#CC#CC#CC#CC#CC#CC#CC#CC#CC#CC#CC#CC#CC#CC#CC#CC#CC#CC#CC#CC#CC#CC#CC.CC(C)(C)CC(C)(C)C.CC(C)(C)CCC(=O)CC(C)(C)C.CC(C)(C)CCOCCC(C)(C)C.CC(C)(C)CNC(=O)CC(C)(C)C.CC(C)(C)CNC(=O)CCC(=O)CC(C)(C)C.CC(C)(C)CNC(=O)CCC(=O)CC(C)(C)C. The van der Waals surface area contributed by atoms with Crippen molar-refractivity contribution >= 4 is 35.1 Å². The lowest BCUT2D eigenvalue weighted by Crippen LogP contribution is -2.34. The fourth-order valence-corrected chi connectivity index (χ4v) is 8.76. The van der Waals surface area contributed by atoms with Crippen LogP contribution in [-0.2, 0) is 33.5 Å². The third-order valence-corrected chi connectivity index (χ3v) is 13.7. The number of terminal acetylenes is 1. The molecule has 0 saturated carbocycles. The van der Waals surface area contributed by atoms with Crippen LogP contribution in [0.25, 0.3) is 0 Å². The Bertz CT molecular complexity index is 5230. The van der Waals surface area contributed by atoms with E-state index in [4.69, 9.17) is 11.2 Å². The Morgan fingerprint density at radius 3 is 0.550 bits per heavy atom. The third kappa shape index (κ3) is 146. The van der Waals surface area contributed by atoms with Gasteiger partial charge in [0.05, 0.1) is 0 Å². The van der Waals surface area contributed by atoms with Crippen molar-refractivity contribution < 1.29 is 33.5 Å². The van der Waals surface area contributed by atoms with Gasteiger partial charge in [0.2, 0.25) is 17.7 Å². The summed E-state index contributed by atoms with van der Waals surface area (Å²) < 4.78 is 5.59. The zero-order valence-corrected chi connectivity index (χ0v) is 87.2. The molecule has 131 heavy (non-hydrogen) atoms. The summed E-state index contributed by atoms with van der Waals surface area (Å²) in [5.41, 5.74) is 2.67. The van der Waals surface area contributed by atoms with Crippen LogP contribution in [0.1, 0.15) is 340 Å².